The lowest BCUT2D eigenvalue weighted by Crippen LogP contribution is -2.31. The maximum atomic E-state index is 10.9. The average Bonchev–Trinajstić information content (AvgIpc) is 2.03. The van der Waals surface area contributed by atoms with Crippen LogP contribution in [-0.2, 0) is 4.79 Å². The number of carbonyl (C=O) groups excluding carboxylic acids is 1. The second-order valence-electron chi connectivity index (χ2n) is 3.87. The number of hydrogen-bond donors (Lipinski definition) is 0. The Balaban J connectivity index is 3.50. The molecule has 0 fully saturated rings. The molecule has 0 aliphatic carbocycles. The molecule has 0 bridgehead atoms. The van der Waals surface area contributed by atoms with Gasteiger partial charge in [-0.2, -0.15) is 0 Å². The van der Waals surface area contributed by atoms with E-state index in [1.54, 1.807) is 11.8 Å². The van der Waals surface area contributed by atoms with Crippen molar-refractivity contribution >= 4 is 5.91 Å². The summed E-state index contributed by atoms with van der Waals surface area (Å²) in [6, 6.07) is 0.586. The molecule has 0 saturated heterocycles. The van der Waals surface area contributed by atoms with Crippen LogP contribution in [0.5, 0.6) is 0 Å². The topological polar surface area (TPSA) is 23.6 Å². The molecular weight excluding hydrogens is 164 g/mol. The maximum absolute atomic E-state index is 10.9. The van der Waals surface area contributed by atoms with E-state index in [1.165, 1.54) is 0 Å². The van der Waals surface area contributed by atoms with Crippen LogP contribution < -0.4 is 0 Å². The Labute approximate surface area is 81.7 Å². The smallest absolute Gasteiger partial charge is 0.219 e. The molecule has 0 N–H and O–H groups in total. The van der Waals surface area contributed by atoms with Crippen molar-refractivity contribution in [2.24, 2.45) is 0 Å². The summed E-state index contributed by atoms with van der Waals surface area (Å²) in [6.07, 6.45) is 1.05. The maximum Gasteiger partial charge on any atom is 0.219 e. The Hall–Kier alpha value is -0.570. The van der Waals surface area contributed by atoms with E-state index in [0.717, 1.165) is 19.5 Å². The van der Waals surface area contributed by atoms with E-state index in [-0.39, 0.29) is 5.91 Å². The van der Waals surface area contributed by atoms with E-state index < -0.39 is 0 Å². The normalized spacial score (nSPS) is 11.0. The minimum absolute atomic E-state index is 0.146. The molecule has 0 spiro atoms. The van der Waals surface area contributed by atoms with Crippen molar-refractivity contribution in [3.8, 4) is 0 Å². The van der Waals surface area contributed by atoms with Gasteiger partial charge in [-0.05, 0) is 33.9 Å². The summed E-state index contributed by atoms with van der Waals surface area (Å²) < 4.78 is 0. The van der Waals surface area contributed by atoms with Gasteiger partial charge in [-0.15, -0.1) is 0 Å². The van der Waals surface area contributed by atoms with Crippen LogP contribution in [0.25, 0.3) is 0 Å². The monoisotopic (exact) mass is 186 g/mol. The van der Waals surface area contributed by atoms with Crippen LogP contribution in [0.15, 0.2) is 0 Å². The van der Waals surface area contributed by atoms with Gasteiger partial charge in [0.2, 0.25) is 5.91 Å². The SMILES string of the molecule is CC(=O)N(C)CCCN(C)C(C)C. The van der Waals surface area contributed by atoms with Crippen molar-refractivity contribution in [2.45, 2.75) is 33.2 Å². The summed E-state index contributed by atoms with van der Waals surface area (Å²) >= 11 is 0. The first-order valence-corrected chi connectivity index (χ1v) is 4.87. The quantitative estimate of drug-likeness (QED) is 0.644. The number of rotatable bonds is 5. The molecule has 3 nitrogen and oxygen atoms in total. The molecule has 3 heteroatoms. The van der Waals surface area contributed by atoms with Crippen molar-refractivity contribution in [3.05, 3.63) is 0 Å². The average molecular weight is 186 g/mol. The molecule has 0 aliphatic heterocycles. The van der Waals surface area contributed by atoms with Gasteiger partial charge >= 0.3 is 0 Å². The van der Waals surface area contributed by atoms with Crippen LogP contribution in [0.1, 0.15) is 27.2 Å². The second-order valence-corrected chi connectivity index (χ2v) is 3.87. The third-order valence-electron chi connectivity index (χ3n) is 2.42. The van der Waals surface area contributed by atoms with Crippen LogP contribution in [-0.4, -0.2) is 48.9 Å². The summed E-state index contributed by atoms with van der Waals surface area (Å²) in [4.78, 5) is 14.9. The number of nitrogens with zero attached hydrogens (tertiary/aromatic N) is 2. The van der Waals surface area contributed by atoms with Gasteiger partial charge in [-0.3, -0.25) is 4.79 Å². The van der Waals surface area contributed by atoms with E-state index >= 15 is 0 Å². The lowest BCUT2D eigenvalue weighted by atomic mass is 10.3. The van der Waals surface area contributed by atoms with Gasteiger partial charge in [0.15, 0.2) is 0 Å². The van der Waals surface area contributed by atoms with Gasteiger partial charge in [0.1, 0.15) is 0 Å². The van der Waals surface area contributed by atoms with Crippen LogP contribution in [0.3, 0.4) is 0 Å². The zero-order chi connectivity index (χ0) is 10.4. The second kappa shape index (κ2) is 5.97. The third-order valence-corrected chi connectivity index (χ3v) is 2.42. The number of hydrogen-bond acceptors (Lipinski definition) is 2. The van der Waals surface area contributed by atoms with E-state index in [1.807, 2.05) is 7.05 Å². The first-order chi connectivity index (χ1) is 5.95. The zero-order valence-electron chi connectivity index (χ0n) is 9.50. The molecule has 0 atom stereocenters. The van der Waals surface area contributed by atoms with Crippen molar-refractivity contribution in [1.82, 2.24) is 9.80 Å². The highest BCUT2D eigenvalue weighted by Crippen LogP contribution is 1.96. The summed E-state index contributed by atoms with van der Waals surface area (Å²) in [6.45, 7) is 7.86. The fourth-order valence-corrected chi connectivity index (χ4v) is 0.973. The molecule has 13 heavy (non-hydrogen) atoms. The summed E-state index contributed by atoms with van der Waals surface area (Å²) in [5.74, 6) is 0.146. The van der Waals surface area contributed by atoms with Crippen molar-refractivity contribution in [1.29, 1.82) is 0 Å². The van der Waals surface area contributed by atoms with E-state index in [9.17, 15) is 4.79 Å². The molecule has 1 amide bonds. The molecular formula is C10H22N2O. The Kier molecular flexibility index (Phi) is 5.71. The minimum atomic E-state index is 0.146. The van der Waals surface area contributed by atoms with Gasteiger partial charge in [-0.25, -0.2) is 0 Å². The molecule has 0 radical (unpaired) electrons. The van der Waals surface area contributed by atoms with Crippen LogP contribution >= 0.6 is 0 Å². The molecule has 78 valence electrons. The van der Waals surface area contributed by atoms with Crippen molar-refractivity contribution in [3.63, 3.8) is 0 Å². The molecule has 0 saturated carbocycles. The predicted molar refractivity (Wildman–Crippen MR) is 55.7 cm³/mol. The number of amides is 1. The summed E-state index contributed by atoms with van der Waals surface area (Å²) in [5.41, 5.74) is 0. The van der Waals surface area contributed by atoms with Gasteiger partial charge in [0.05, 0.1) is 0 Å². The first-order valence-electron chi connectivity index (χ1n) is 4.87. The van der Waals surface area contributed by atoms with Crippen molar-refractivity contribution in [2.75, 3.05) is 27.2 Å². The Bertz CT molecular complexity index is 157. The van der Waals surface area contributed by atoms with E-state index in [0.29, 0.717) is 6.04 Å². The fraction of sp³-hybridized carbons (Fsp3) is 0.900. The fourth-order valence-electron chi connectivity index (χ4n) is 0.973. The van der Waals surface area contributed by atoms with Crippen LogP contribution in [0.2, 0.25) is 0 Å². The van der Waals surface area contributed by atoms with Gasteiger partial charge < -0.3 is 9.80 Å². The highest BCUT2D eigenvalue weighted by atomic mass is 16.2. The largest absolute Gasteiger partial charge is 0.346 e. The van der Waals surface area contributed by atoms with Gasteiger partial charge in [0, 0.05) is 26.6 Å². The summed E-state index contributed by atoms with van der Waals surface area (Å²) in [5, 5.41) is 0. The van der Waals surface area contributed by atoms with Crippen molar-refractivity contribution < 1.29 is 4.79 Å². The highest BCUT2D eigenvalue weighted by Gasteiger charge is 2.04. The lowest BCUT2D eigenvalue weighted by Gasteiger charge is -2.22. The highest BCUT2D eigenvalue weighted by molar-refractivity contribution is 5.72. The van der Waals surface area contributed by atoms with E-state index in [2.05, 4.69) is 25.8 Å². The molecule has 0 unspecified atom stereocenters. The molecule has 0 aromatic heterocycles. The van der Waals surface area contributed by atoms with Gasteiger partial charge in [-0.1, -0.05) is 0 Å². The predicted octanol–water partition coefficient (Wildman–Crippen LogP) is 1.19. The van der Waals surface area contributed by atoms with Crippen LogP contribution in [0, 0.1) is 0 Å². The minimum Gasteiger partial charge on any atom is -0.346 e. The Morgan fingerprint density at radius 1 is 1.23 bits per heavy atom. The Morgan fingerprint density at radius 3 is 2.15 bits per heavy atom. The molecule has 0 rings (SSSR count). The zero-order valence-corrected chi connectivity index (χ0v) is 9.50. The third kappa shape index (κ3) is 5.64. The number of carbonyl (C=O) groups is 1. The van der Waals surface area contributed by atoms with Gasteiger partial charge in [0.25, 0.3) is 0 Å². The lowest BCUT2D eigenvalue weighted by molar-refractivity contribution is -0.127. The summed E-state index contributed by atoms with van der Waals surface area (Å²) in [7, 11) is 3.95. The standard InChI is InChI=1S/C10H22N2O/c1-9(2)11(4)7-6-8-12(5)10(3)13/h9H,6-8H2,1-5H3. The molecule has 0 heterocycles. The molecule has 0 aromatic rings. The van der Waals surface area contributed by atoms with E-state index in [4.69, 9.17) is 0 Å². The molecule has 0 aromatic carbocycles. The Morgan fingerprint density at radius 2 is 1.77 bits per heavy atom. The molecule has 0 aliphatic rings. The first kappa shape index (κ1) is 12.4. The van der Waals surface area contributed by atoms with Crippen LogP contribution in [0.4, 0.5) is 0 Å².